The number of carbonyl (C=O) groups excluding carboxylic acids is 1. The average Bonchev–Trinajstić information content (AvgIpc) is 2.97. The van der Waals surface area contributed by atoms with E-state index in [2.05, 4.69) is 38.1 Å². The lowest BCUT2D eigenvalue weighted by Crippen LogP contribution is -2.36. The van der Waals surface area contributed by atoms with Gasteiger partial charge >= 0.3 is 6.09 Å². The first-order chi connectivity index (χ1) is 10.8. The highest BCUT2D eigenvalue weighted by molar-refractivity contribution is 14.1. The molecule has 0 spiro atoms. The normalized spacial score (nSPS) is 27.0. The second-order valence-corrected chi connectivity index (χ2v) is 8.56. The summed E-state index contributed by atoms with van der Waals surface area (Å²) in [5.74, 6) is 1.94. The zero-order chi connectivity index (χ0) is 16.6. The summed E-state index contributed by atoms with van der Waals surface area (Å²) in [4.78, 5) is 14.0. The minimum atomic E-state index is -0.428. The molecule has 2 aliphatic rings. The third-order valence-electron chi connectivity index (χ3n) is 4.39. The maximum absolute atomic E-state index is 12.2. The third kappa shape index (κ3) is 4.24. The molecule has 3 atom stereocenters. The number of amides is 1. The van der Waals surface area contributed by atoms with Crippen molar-refractivity contribution in [1.29, 1.82) is 0 Å². The molecular weight excluding hydrogens is 407 g/mol. The Kier molecular flexibility index (Phi) is 4.66. The van der Waals surface area contributed by atoms with E-state index in [1.165, 1.54) is 0 Å². The monoisotopic (exact) mass is 430 g/mol. The van der Waals surface area contributed by atoms with E-state index in [1.54, 1.807) is 0 Å². The molecule has 1 N–H and O–H groups in total. The first kappa shape index (κ1) is 16.7. The molecule has 0 aromatic carbocycles. The summed E-state index contributed by atoms with van der Waals surface area (Å²) in [6.07, 6.45) is 1.95. The molecule has 2 fully saturated rings. The number of ether oxygens (including phenoxy) is 1. The fraction of sp³-hybridized carbons (Fsp3) is 0.688. The Hall–Kier alpha value is -1.12. The molecule has 1 aliphatic carbocycles. The minimum absolute atomic E-state index is 0.181. The number of hydrogen-bond acceptors (Lipinski definition) is 5. The summed E-state index contributed by atoms with van der Waals surface area (Å²) in [6, 6.07) is 4.34. The predicted molar refractivity (Wildman–Crippen MR) is 96.2 cm³/mol. The van der Waals surface area contributed by atoms with Crippen molar-refractivity contribution in [2.45, 2.75) is 45.3 Å². The van der Waals surface area contributed by atoms with E-state index >= 15 is 0 Å². The Bertz CT molecular complexity index is 558. The molecule has 1 aromatic rings. The van der Waals surface area contributed by atoms with Crippen molar-refractivity contribution in [2.75, 3.05) is 18.4 Å². The molecule has 3 rings (SSSR count). The van der Waals surface area contributed by atoms with Crippen LogP contribution in [-0.4, -0.2) is 45.9 Å². The summed E-state index contributed by atoms with van der Waals surface area (Å²) >= 11 is 2.15. The van der Waals surface area contributed by atoms with Crippen LogP contribution in [0.5, 0.6) is 0 Å². The van der Waals surface area contributed by atoms with E-state index in [0.717, 1.165) is 35.4 Å². The van der Waals surface area contributed by atoms with E-state index in [1.807, 2.05) is 37.8 Å². The van der Waals surface area contributed by atoms with Gasteiger partial charge in [0.15, 0.2) is 0 Å². The smallest absolute Gasteiger partial charge is 0.410 e. The number of rotatable bonds is 2. The number of fused-ring (bicyclic) bond motifs is 1. The SMILES string of the molecule is CC(C)(C)OC(=O)N1CC2CC(Nc3ccc(I)nn3)C[C@@H]2C1. The van der Waals surface area contributed by atoms with Gasteiger partial charge in [-0.15, -0.1) is 10.2 Å². The Balaban J connectivity index is 1.51. The molecule has 2 heterocycles. The van der Waals surface area contributed by atoms with Crippen molar-refractivity contribution in [3.8, 4) is 0 Å². The molecule has 7 heteroatoms. The van der Waals surface area contributed by atoms with E-state index in [4.69, 9.17) is 4.74 Å². The lowest BCUT2D eigenvalue weighted by atomic mass is 10.0. The van der Waals surface area contributed by atoms with Crippen molar-refractivity contribution in [3.63, 3.8) is 0 Å². The number of halogens is 1. The van der Waals surface area contributed by atoms with E-state index in [9.17, 15) is 4.79 Å². The summed E-state index contributed by atoms with van der Waals surface area (Å²) in [6.45, 7) is 7.32. The first-order valence-corrected chi connectivity index (χ1v) is 9.12. The van der Waals surface area contributed by atoms with Gasteiger partial charge < -0.3 is 15.0 Å². The molecule has 126 valence electrons. The molecule has 1 saturated carbocycles. The molecule has 2 unspecified atom stereocenters. The zero-order valence-electron chi connectivity index (χ0n) is 13.8. The summed E-state index contributed by atoms with van der Waals surface area (Å²) < 4.78 is 6.37. The molecular formula is C16H23IN4O2. The second kappa shape index (κ2) is 6.41. The van der Waals surface area contributed by atoms with Crippen molar-refractivity contribution in [2.24, 2.45) is 11.8 Å². The third-order valence-corrected chi connectivity index (χ3v) is 4.96. The molecule has 1 aromatic heterocycles. The van der Waals surface area contributed by atoms with E-state index < -0.39 is 5.60 Å². The second-order valence-electron chi connectivity index (χ2n) is 7.46. The Labute approximate surface area is 150 Å². The number of anilines is 1. The number of nitrogens with zero attached hydrogens (tertiary/aromatic N) is 3. The van der Waals surface area contributed by atoms with Crippen molar-refractivity contribution in [1.82, 2.24) is 15.1 Å². The summed E-state index contributed by atoms with van der Waals surface area (Å²) in [5.41, 5.74) is -0.428. The molecule has 23 heavy (non-hydrogen) atoms. The van der Waals surface area contributed by atoms with Crippen LogP contribution in [0.15, 0.2) is 12.1 Å². The van der Waals surface area contributed by atoms with Gasteiger partial charge in [-0.1, -0.05) is 0 Å². The van der Waals surface area contributed by atoms with Crippen molar-refractivity contribution < 1.29 is 9.53 Å². The molecule has 1 aliphatic heterocycles. The molecule has 0 bridgehead atoms. The Morgan fingerprint density at radius 1 is 1.26 bits per heavy atom. The maximum atomic E-state index is 12.2. The number of hydrogen-bond donors (Lipinski definition) is 1. The summed E-state index contributed by atoms with van der Waals surface area (Å²) in [5, 5.41) is 11.7. The van der Waals surface area contributed by atoms with E-state index in [0.29, 0.717) is 17.9 Å². The van der Waals surface area contributed by atoms with Gasteiger partial charge in [-0.05, 0) is 80.2 Å². The lowest BCUT2D eigenvalue weighted by Gasteiger charge is -2.25. The van der Waals surface area contributed by atoms with Gasteiger partial charge in [0.05, 0.1) is 0 Å². The standard InChI is InChI=1S/C16H23IN4O2/c1-16(2,3)23-15(22)21-8-10-6-12(7-11(10)9-21)18-14-5-4-13(17)19-20-14/h4-5,10-12H,6-9H2,1-3H3,(H,18,20)/t10-,11?,12?/m1/s1. The van der Waals surface area contributed by atoms with Crippen LogP contribution in [0.3, 0.4) is 0 Å². The summed E-state index contributed by atoms with van der Waals surface area (Å²) in [7, 11) is 0. The number of aromatic nitrogens is 2. The highest BCUT2D eigenvalue weighted by Gasteiger charge is 2.43. The fourth-order valence-electron chi connectivity index (χ4n) is 3.50. The van der Waals surface area contributed by atoms with Crippen LogP contribution in [0.2, 0.25) is 0 Å². The molecule has 6 nitrogen and oxygen atoms in total. The molecule has 0 radical (unpaired) electrons. The Morgan fingerprint density at radius 2 is 1.91 bits per heavy atom. The van der Waals surface area contributed by atoms with Crippen molar-refractivity contribution in [3.05, 3.63) is 15.8 Å². The van der Waals surface area contributed by atoms with Gasteiger partial charge in [0.25, 0.3) is 0 Å². The number of carbonyl (C=O) groups is 1. The largest absolute Gasteiger partial charge is 0.444 e. The fourth-order valence-corrected chi connectivity index (χ4v) is 3.78. The van der Waals surface area contributed by atoms with Gasteiger partial charge in [0.1, 0.15) is 15.1 Å². The quantitative estimate of drug-likeness (QED) is 0.731. The van der Waals surface area contributed by atoms with Crippen LogP contribution in [0.25, 0.3) is 0 Å². The maximum Gasteiger partial charge on any atom is 0.410 e. The van der Waals surface area contributed by atoms with Crippen LogP contribution in [-0.2, 0) is 4.74 Å². The van der Waals surface area contributed by atoms with Crippen molar-refractivity contribution >= 4 is 34.5 Å². The highest BCUT2D eigenvalue weighted by Crippen LogP contribution is 2.39. The average molecular weight is 430 g/mol. The predicted octanol–water partition coefficient (Wildman–Crippen LogP) is 3.14. The first-order valence-electron chi connectivity index (χ1n) is 8.04. The Morgan fingerprint density at radius 3 is 2.43 bits per heavy atom. The lowest BCUT2D eigenvalue weighted by molar-refractivity contribution is 0.0280. The van der Waals surface area contributed by atoms with Gasteiger partial charge in [-0.3, -0.25) is 0 Å². The highest BCUT2D eigenvalue weighted by atomic mass is 127. The zero-order valence-corrected chi connectivity index (χ0v) is 15.9. The molecule has 1 saturated heterocycles. The van der Waals surface area contributed by atoms with Gasteiger partial charge in [-0.2, -0.15) is 0 Å². The van der Waals surface area contributed by atoms with Crippen LogP contribution < -0.4 is 5.32 Å². The number of nitrogens with one attached hydrogen (secondary N) is 1. The van der Waals surface area contributed by atoms with Crippen LogP contribution in [0.4, 0.5) is 10.6 Å². The van der Waals surface area contributed by atoms with E-state index in [-0.39, 0.29) is 6.09 Å². The van der Waals surface area contributed by atoms with Crippen LogP contribution in [0.1, 0.15) is 33.6 Å². The number of likely N-dealkylation sites (tertiary alicyclic amines) is 1. The van der Waals surface area contributed by atoms with Gasteiger partial charge in [-0.25, -0.2) is 4.79 Å². The van der Waals surface area contributed by atoms with Crippen LogP contribution in [0, 0.1) is 15.5 Å². The van der Waals surface area contributed by atoms with Gasteiger partial charge in [0, 0.05) is 19.1 Å². The van der Waals surface area contributed by atoms with Crippen LogP contribution >= 0.6 is 22.6 Å². The topological polar surface area (TPSA) is 67.3 Å². The molecule has 1 amide bonds. The van der Waals surface area contributed by atoms with Gasteiger partial charge in [0.2, 0.25) is 0 Å². The minimum Gasteiger partial charge on any atom is -0.444 e.